The van der Waals surface area contributed by atoms with Crippen LogP contribution in [0.3, 0.4) is 0 Å². The Bertz CT molecular complexity index is 829. The molecule has 0 radical (unpaired) electrons. The molecule has 0 fully saturated rings. The third kappa shape index (κ3) is 3.57. The fourth-order valence-corrected chi connectivity index (χ4v) is 2.81. The molecule has 0 aliphatic heterocycles. The van der Waals surface area contributed by atoms with E-state index in [9.17, 15) is 0 Å². The minimum absolute atomic E-state index is 0.172. The Balaban J connectivity index is 2.06. The standard InChI is InChI=1S/C19H25N4O/c1-13(2)24-15-8-6-14(7-9-15)17-16(12-23(3,4)5)18-19(22-17)21-11-10-20-18/h6-11,13H,12H2,1-5H3,(H,21,22)/q+1. The molecule has 0 atom stereocenters. The van der Waals surface area contributed by atoms with Crippen molar-refractivity contribution in [1.29, 1.82) is 0 Å². The minimum atomic E-state index is 0.172. The van der Waals surface area contributed by atoms with Crippen LogP contribution in [0.25, 0.3) is 22.4 Å². The van der Waals surface area contributed by atoms with E-state index in [4.69, 9.17) is 4.74 Å². The summed E-state index contributed by atoms with van der Waals surface area (Å²) in [6, 6.07) is 8.19. The van der Waals surface area contributed by atoms with Gasteiger partial charge in [-0.05, 0) is 43.7 Å². The Hall–Kier alpha value is -2.40. The van der Waals surface area contributed by atoms with Gasteiger partial charge < -0.3 is 14.2 Å². The van der Waals surface area contributed by atoms with Crippen molar-refractivity contribution in [3.05, 3.63) is 42.2 Å². The van der Waals surface area contributed by atoms with Crippen LogP contribution in [0.2, 0.25) is 0 Å². The molecule has 3 aromatic rings. The van der Waals surface area contributed by atoms with E-state index in [0.29, 0.717) is 0 Å². The Morgan fingerprint density at radius 3 is 2.33 bits per heavy atom. The summed E-state index contributed by atoms with van der Waals surface area (Å²) in [7, 11) is 6.54. The molecule has 0 amide bonds. The van der Waals surface area contributed by atoms with Gasteiger partial charge in [0.2, 0.25) is 0 Å². The van der Waals surface area contributed by atoms with Gasteiger partial charge in [-0.3, -0.25) is 4.98 Å². The van der Waals surface area contributed by atoms with E-state index in [-0.39, 0.29) is 6.10 Å². The second kappa shape index (κ2) is 6.24. The Morgan fingerprint density at radius 1 is 1.04 bits per heavy atom. The summed E-state index contributed by atoms with van der Waals surface area (Å²) < 4.78 is 6.56. The van der Waals surface area contributed by atoms with Gasteiger partial charge in [0.25, 0.3) is 0 Å². The molecular formula is C19H25N4O+. The molecule has 5 heteroatoms. The lowest BCUT2D eigenvalue weighted by atomic mass is 10.1. The topological polar surface area (TPSA) is 50.8 Å². The lowest BCUT2D eigenvalue weighted by molar-refractivity contribution is -0.883. The summed E-state index contributed by atoms with van der Waals surface area (Å²) >= 11 is 0. The first-order valence-corrected chi connectivity index (χ1v) is 8.22. The van der Waals surface area contributed by atoms with Crippen molar-refractivity contribution in [2.45, 2.75) is 26.5 Å². The van der Waals surface area contributed by atoms with Gasteiger partial charge >= 0.3 is 0 Å². The first kappa shape index (κ1) is 16.5. The third-order valence-electron chi connectivity index (χ3n) is 3.68. The summed E-state index contributed by atoms with van der Waals surface area (Å²) in [5.41, 5.74) is 5.18. The molecular weight excluding hydrogens is 300 g/mol. The fourth-order valence-electron chi connectivity index (χ4n) is 2.81. The number of fused-ring (bicyclic) bond motifs is 1. The second-order valence-corrected chi connectivity index (χ2v) is 7.37. The quantitative estimate of drug-likeness (QED) is 0.729. The monoisotopic (exact) mass is 325 g/mol. The van der Waals surface area contributed by atoms with Crippen LogP contribution in [-0.2, 0) is 6.54 Å². The number of rotatable bonds is 5. The molecule has 0 aliphatic rings. The maximum atomic E-state index is 5.74. The van der Waals surface area contributed by atoms with Crippen LogP contribution in [0.15, 0.2) is 36.7 Å². The largest absolute Gasteiger partial charge is 0.491 e. The lowest BCUT2D eigenvalue weighted by Gasteiger charge is -2.24. The molecule has 1 aromatic carbocycles. The van der Waals surface area contributed by atoms with Crippen LogP contribution in [0.5, 0.6) is 5.75 Å². The molecule has 0 saturated heterocycles. The van der Waals surface area contributed by atoms with Gasteiger partial charge in [-0.1, -0.05) is 0 Å². The Kier molecular flexibility index (Phi) is 4.28. The van der Waals surface area contributed by atoms with E-state index in [2.05, 4.69) is 48.2 Å². The summed E-state index contributed by atoms with van der Waals surface area (Å²) in [5.74, 6) is 0.884. The fraction of sp³-hybridized carbons (Fsp3) is 0.368. The summed E-state index contributed by atoms with van der Waals surface area (Å²) in [4.78, 5) is 12.4. The molecule has 0 aliphatic carbocycles. The number of nitrogens with zero attached hydrogens (tertiary/aromatic N) is 3. The van der Waals surface area contributed by atoms with Crippen LogP contribution < -0.4 is 4.74 Å². The molecule has 0 spiro atoms. The molecule has 2 aromatic heterocycles. The molecule has 0 saturated carbocycles. The summed E-state index contributed by atoms with van der Waals surface area (Å²) in [6.07, 6.45) is 3.64. The number of hydrogen-bond acceptors (Lipinski definition) is 3. The SMILES string of the molecule is CC(C)Oc1ccc(-c2[nH]c3nccnc3c2C[N+](C)(C)C)cc1. The van der Waals surface area contributed by atoms with Crippen LogP contribution in [0.1, 0.15) is 19.4 Å². The van der Waals surface area contributed by atoms with E-state index in [1.54, 1.807) is 12.4 Å². The van der Waals surface area contributed by atoms with E-state index < -0.39 is 0 Å². The van der Waals surface area contributed by atoms with Gasteiger partial charge in [-0.25, -0.2) is 4.98 Å². The van der Waals surface area contributed by atoms with Crippen molar-refractivity contribution in [3.63, 3.8) is 0 Å². The zero-order valence-electron chi connectivity index (χ0n) is 15.0. The third-order valence-corrected chi connectivity index (χ3v) is 3.68. The second-order valence-electron chi connectivity index (χ2n) is 7.37. The minimum Gasteiger partial charge on any atom is -0.491 e. The number of benzene rings is 1. The van der Waals surface area contributed by atoms with Gasteiger partial charge in [-0.15, -0.1) is 0 Å². The zero-order chi connectivity index (χ0) is 17.3. The van der Waals surface area contributed by atoms with Crippen LogP contribution in [-0.4, -0.2) is 46.7 Å². The van der Waals surface area contributed by atoms with Crippen LogP contribution in [0, 0.1) is 0 Å². The highest BCUT2D eigenvalue weighted by Crippen LogP contribution is 2.31. The van der Waals surface area contributed by atoms with E-state index in [0.717, 1.165) is 39.2 Å². The number of nitrogens with one attached hydrogen (secondary N) is 1. The van der Waals surface area contributed by atoms with Gasteiger partial charge in [0.1, 0.15) is 17.8 Å². The number of quaternary nitrogens is 1. The molecule has 0 unspecified atom stereocenters. The van der Waals surface area contributed by atoms with Crippen LogP contribution >= 0.6 is 0 Å². The number of aromatic nitrogens is 3. The van der Waals surface area contributed by atoms with E-state index in [1.165, 1.54) is 5.56 Å². The molecule has 24 heavy (non-hydrogen) atoms. The average Bonchev–Trinajstić information content (AvgIpc) is 2.85. The summed E-state index contributed by atoms with van der Waals surface area (Å²) in [6.45, 7) is 4.93. The lowest BCUT2D eigenvalue weighted by Crippen LogP contribution is -2.33. The normalized spacial score (nSPS) is 12.1. The molecule has 0 bridgehead atoms. The molecule has 126 valence electrons. The highest BCUT2D eigenvalue weighted by molar-refractivity contribution is 5.85. The van der Waals surface area contributed by atoms with Gasteiger partial charge in [0.05, 0.1) is 38.5 Å². The molecule has 3 rings (SSSR count). The number of hydrogen-bond donors (Lipinski definition) is 1. The molecule has 2 heterocycles. The van der Waals surface area contributed by atoms with Crippen molar-refractivity contribution < 1.29 is 9.22 Å². The Labute approximate surface area is 142 Å². The van der Waals surface area contributed by atoms with Crippen molar-refractivity contribution >= 4 is 11.2 Å². The maximum absolute atomic E-state index is 5.74. The highest BCUT2D eigenvalue weighted by atomic mass is 16.5. The Morgan fingerprint density at radius 2 is 1.71 bits per heavy atom. The van der Waals surface area contributed by atoms with E-state index in [1.807, 2.05) is 26.0 Å². The van der Waals surface area contributed by atoms with Gasteiger partial charge in [-0.2, -0.15) is 0 Å². The van der Waals surface area contributed by atoms with Gasteiger partial charge in [0, 0.05) is 12.4 Å². The first-order valence-electron chi connectivity index (χ1n) is 8.22. The first-order chi connectivity index (χ1) is 11.3. The van der Waals surface area contributed by atoms with Crippen molar-refractivity contribution in [3.8, 4) is 17.0 Å². The van der Waals surface area contributed by atoms with Gasteiger partial charge in [0.15, 0.2) is 5.65 Å². The van der Waals surface area contributed by atoms with Crippen molar-refractivity contribution in [2.24, 2.45) is 0 Å². The highest BCUT2D eigenvalue weighted by Gasteiger charge is 2.20. The summed E-state index contributed by atoms with van der Waals surface area (Å²) in [5, 5.41) is 0. The van der Waals surface area contributed by atoms with Crippen molar-refractivity contribution in [1.82, 2.24) is 15.0 Å². The average molecular weight is 325 g/mol. The smallest absolute Gasteiger partial charge is 0.157 e. The molecule has 1 N–H and O–H groups in total. The van der Waals surface area contributed by atoms with Crippen LogP contribution in [0.4, 0.5) is 0 Å². The number of aromatic amines is 1. The number of ether oxygens (including phenoxy) is 1. The molecule has 5 nitrogen and oxygen atoms in total. The maximum Gasteiger partial charge on any atom is 0.157 e. The number of H-pyrrole nitrogens is 1. The van der Waals surface area contributed by atoms with Crippen molar-refractivity contribution in [2.75, 3.05) is 21.1 Å². The zero-order valence-corrected chi connectivity index (χ0v) is 15.0. The predicted molar refractivity (Wildman–Crippen MR) is 96.8 cm³/mol. The predicted octanol–water partition coefficient (Wildman–Crippen LogP) is 3.62. The van der Waals surface area contributed by atoms with E-state index >= 15 is 0 Å².